The van der Waals surface area contributed by atoms with Crippen molar-refractivity contribution in [1.29, 1.82) is 0 Å². The fourth-order valence-corrected chi connectivity index (χ4v) is 2.28. The van der Waals surface area contributed by atoms with Crippen molar-refractivity contribution in [2.24, 2.45) is 10.9 Å². The van der Waals surface area contributed by atoms with Crippen molar-refractivity contribution in [1.82, 2.24) is 4.98 Å². The average Bonchev–Trinajstić information content (AvgIpc) is 2.73. The van der Waals surface area contributed by atoms with Crippen LogP contribution in [-0.2, 0) is 0 Å². The first-order chi connectivity index (χ1) is 8.11. The van der Waals surface area contributed by atoms with Crippen LogP contribution in [0.15, 0.2) is 17.3 Å². The number of nitrogens with zero attached hydrogens (tertiary/aromatic N) is 3. The molecule has 92 valence electrons. The molecular formula is C12H18N4O. The van der Waals surface area contributed by atoms with Crippen LogP contribution in [-0.4, -0.2) is 28.6 Å². The third-order valence-electron chi connectivity index (χ3n) is 3.19. The summed E-state index contributed by atoms with van der Waals surface area (Å²) >= 11 is 0. The van der Waals surface area contributed by atoms with Gasteiger partial charge in [-0.15, -0.1) is 0 Å². The van der Waals surface area contributed by atoms with E-state index in [0.29, 0.717) is 11.6 Å². The van der Waals surface area contributed by atoms with E-state index in [0.717, 1.165) is 18.1 Å². The second kappa shape index (κ2) is 4.61. The molecule has 17 heavy (non-hydrogen) atoms. The predicted molar refractivity (Wildman–Crippen MR) is 67.5 cm³/mol. The summed E-state index contributed by atoms with van der Waals surface area (Å²) in [7, 11) is 0. The summed E-state index contributed by atoms with van der Waals surface area (Å²) in [6, 6.07) is 4.20. The molecular weight excluding hydrogens is 216 g/mol. The lowest BCUT2D eigenvalue weighted by atomic mass is 10.2. The van der Waals surface area contributed by atoms with E-state index < -0.39 is 0 Å². The van der Waals surface area contributed by atoms with Crippen LogP contribution in [0.3, 0.4) is 0 Å². The molecule has 0 aromatic carbocycles. The zero-order chi connectivity index (χ0) is 12.4. The van der Waals surface area contributed by atoms with Crippen molar-refractivity contribution in [2.75, 3.05) is 11.4 Å². The number of amidine groups is 1. The first kappa shape index (κ1) is 11.7. The first-order valence-electron chi connectivity index (χ1n) is 5.85. The van der Waals surface area contributed by atoms with Gasteiger partial charge in [-0.1, -0.05) is 5.16 Å². The molecule has 5 nitrogen and oxygen atoms in total. The van der Waals surface area contributed by atoms with Gasteiger partial charge in [0.25, 0.3) is 0 Å². The molecule has 1 aliphatic heterocycles. The lowest BCUT2D eigenvalue weighted by Crippen LogP contribution is -2.28. The van der Waals surface area contributed by atoms with Gasteiger partial charge in [-0.05, 0) is 38.8 Å². The van der Waals surface area contributed by atoms with E-state index >= 15 is 0 Å². The maximum Gasteiger partial charge on any atom is 0.170 e. The number of aromatic nitrogens is 1. The van der Waals surface area contributed by atoms with Crippen molar-refractivity contribution in [3.63, 3.8) is 0 Å². The highest BCUT2D eigenvalue weighted by Crippen LogP contribution is 2.24. The molecule has 0 bridgehead atoms. The van der Waals surface area contributed by atoms with Crippen LogP contribution in [0, 0.1) is 6.92 Å². The Labute approximate surface area is 101 Å². The summed E-state index contributed by atoms with van der Waals surface area (Å²) in [5, 5.41) is 11.8. The number of rotatable bonds is 2. The molecule has 3 N–H and O–H groups in total. The molecule has 1 fully saturated rings. The molecule has 2 heterocycles. The zero-order valence-electron chi connectivity index (χ0n) is 10.2. The molecule has 0 amide bonds. The van der Waals surface area contributed by atoms with Crippen molar-refractivity contribution < 1.29 is 5.21 Å². The molecule has 0 aliphatic carbocycles. The van der Waals surface area contributed by atoms with E-state index in [2.05, 4.69) is 22.0 Å². The highest BCUT2D eigenvalue weighted by Gasteiger charge is 2.22. The van der Waals surface area contributed by atoms with Gasteiger partial charge in [-0.25, -0.2) is 4.98 Å². The summed E-state index contributed by atoms with van der Waals surface area (Å²) in [5.41, 5.74) is 7.21. The Bertz CT molecular complexity index is 444. The molecule has 1 atom stereocenters. The number of aryl methyl sites for hydroxylation is 1. The maximum atomic E-state index is 8.72. The van der Waals surface area contributed by atoms with Crippen molar-refractivity contribution in [3.05, 3.63) is 23.4 Å². The van der Waals surface area contributed by atoms with E-state index in [4.69, 9.17) is 10.9 Å². The van der Waals surface area contributed by atoms with Gasteiger partial charge in [0.05, 0.1) is 0 Å². The zero-order valence-corrected chi connectivity index (χ0v) is 10.2. The summed E-state index contributed by atoms with van der Waals surface area (Å²) in [6.07, 6.45) is 2.38. The van der Waals surface area contributed by atoms with Gasteiger partial charge in [0.1, 0.15) is 5.82 Å². The molecule has 0 saturated carbocycles. The number of oxime groups is 1. The van der Waals surface area contributed by atoms with Gasteiger partial charge in [-0.3, -0.25) is 0 Å². The topological polar surface area (TPSA) is 74.7 Å². The van der Waals surface area contributed by atoms with E-state index in [1.54, 1.807) is 0 Å². The summed E-state index contributed by atoms with van der Waals surface area (Å²) in [4.78, 5) is 6.78. The normalized spacial score (nSPS) is 20.9. The Balaban J connectivity index is 2.38. The molecule has 5 heteroatoms. The minimum absolute atomic E-state index is 0.128. The largest absolute Gasteiger partial charge is 0.409 e. The Kier molecular flexibility index (Phi) is 3.17. The van der Waals surface area contributed by atoms with Gasteiger partial charge in [0, 0.05) is 23.8 Å². The maximum absolute atomic E-state index is 8.72. The summed E-state index contributed by atoms with van der Waals surface area (Å²) in [6.45, 7) is 5.13. The fraction of sp³-hybridized carbons (Fsp3) is 0.500. The quantitative estimate of drug-likeness (QED) is 0.352. The van der Waals surface area contributed by atoms with Crippen LogP contribution in [0.25, 0.3) is 0 Å². The monoisotopic (exact) mass is 234 g/mol. The molecule has 2 rings (SSSR count). The molecule has 1 aliphatic rings. The Morgan fingerprint density at radius 1 is 1.59 bits per heavy atom. The standard InChI is InChI=1S/C12H18N4O/c1-8-6-10(12(13)15-17)7-11(14-8)16-5-3-4-9(16)2/h6-7,9,17H,3-5H2,1-2H3,(H2,13,15). The highest BCUT2D eigenvalue weighted by atomic mass is 16.4. The Hall–Kier alpha value is -1.78. The lowest BCUT2D eigenvalue weighted by Gasteiger charge is -2.23. The van der Waals surface area contributed by atoms with Crippen LogP contribution in [0.1, 0.15) is 31.0 Å². The van der Waals surface area contributed by atoms with Gasteiger partial charge >= 0.3 is 0 Å². The van der Waals surface area contributed by atoms with Crippen molar-refractivity contribution in [3.8, 4) is 0 Å². The average molecular weight is 234 g/mol. The SMILES string of the molecule is Cc1cc(/C(N)=N/O)cc(N2CCCC2C)n1. The van der Waals surface area contributed by atoms with E-state index in [-0.39, 0.29) is 5.84 Å². The minimum Gasteiger partial charge on any atom is -0.409 e. The summed E-state index contributed by atoms with van der Waals surface area (Å²) < 4.78 is 0. The lowest BCUT2D eigenvalue weighted by molar-refractivity contribution is 0.318. The Morgan fingerprint density at radius 3 is 2.94 bits per heavy atom. The molecule has 1 aromatic rings. The highest BCUT2D eigenvalue weighted by molar-refractivity contribution is 5.97. The van der Waals surface area contributed by atoms with E-state index in [1.165, 1.54) is 12.8 Å². The number of hydrogen-bond donors (Lipinski definition) is 2. The van der Waals surface area contributed by atoms with Crippen molar-refractivity contribution >= 4 is 11.7 Å². The van der Waals surface area contributed by atoms with Gasteiger partial charge < -0.3 is 15.8 Å². The fourth-order valence-electron chi connectivity index (χ4n) is 2.28. The van der Waals surface area contributed by atoms with Crippen LogP contribution in [0.4, 0.5) is 5.82 Å². The number of anilines is 1. The van der Waals surface area contributed by atoms with Crippen LogP contribution >= 0.6 is 0 Å². The van der Waals surface area contributed by atoms with Crippen molar-refractivity contribution in [2.45, 2.75) is 32.7 Å². The molecule has 1 unspecified atom stereocenters. The van der Waals surface area contributed by atoms with Gasteiger partial charge in [0.2, 0.25) is 0 Å². The molecule has 0 radical (unpaired) electrons. The van der Waals surface area contributed by atoms with Gasteiger partial charge in [0.15, 0.2) is 5.84 Å². The molecule has 1 saturated heterocycles. The third-order valence-corrected chi connectivity index (χ3v) is 3.19. The predicted octanol–water partition coefficient (Wildman–Crippen LogP) is 1.47. The van der Waals surface area contributed by atoms with E-state index in [1.807, 2.05) is 19.1 Å². The second-order valence-corrected chi connectivity index (χ2v) is 4.53. The molecule has 1 aromatic heterocycles. The van der Waals surface area contributed by atoms with Crippen LogP contribution < -0.4 is 10.6 Å². The minimum atomic E-state index is 0.128. The second-order valence-electron chi connectivity index (χ2n) is 4.53. The van der Waals surface area contributed by atoms with E-state index in [9.17, 15) is 0 Å². The van der Waals surface area contributed by atoms with Crippen LogP contribution in [0.2, 0.25) is 0 Å². The number of nitrogens with two attached hydrogens (primary N) is 1. The number of pyridine rings is 1. The first-order valence-corrected chi connectivity index (χ1v) is 5.85. The number of hydrogen-bond acceptors (Lipinski definition) is 4. The summed E-state index contributed by atoms with van der Waals surface area (Å²) in [5.74, 6) is 1.04. The Morgan fingerprint density at radius 2 is 2.35 bits per heavy atom. The smallest absolute Gasteiger partial charge is 0.170 e. The third kappa shape index (κ3) is 2.33. The van der Waals surface area contributed by atoms with Crippen LogP contribution in [0.5, 0.6) is 0 Å². The molecule has 0 spiro atoms. The van der Waals surface area contributed by atoms with Gasteiger partial charge in [-0.2, -0.15) is 0 Å².